The van der Waals surface area contributed by atoms with Crippen LogP contribution in [0.3, 0.4) is 0 Å². The van der Waals surface area contributed by atoms with E-state index in [0.29, 0.717) is 30.1 Å². The average Bonchev–Trinajstić information content (AvgIpc) is 2.74. The Morgan fingerprint density at radius 1 is 1.07 bits per heavy atom. The van der Waals surface area contributed by atoms with Crippen LogP contribution in [0.15, 0.2) is 47.4 Å². The highest BCUT2D eigenvalue weighted by Crippen LogP contribution is 2.30. The number of nitrogens with zero attached hydrogens (tertiary/aromatic N) is 1. The summed E-state index contributed by atoms with van der Waals surface area (Å²) in [4.78, 5) is 12.8. The van der Waals surface area contributed by atoms with Crippen molar-refractivity contribution in [1.29, 1.82) is 0 Å². The molecular weight excluding hydrogens is 376 g/mol. The van der Waals surface area contributed by atoms with Gasteiger partial charge < -0.3 is 10.1 Å². The van der Waals surface area contributed by atoms with Crippen LogP contribution in [0.1, 0.15) is 42.1 Å². The molecule has 2 aromatic rings. The Morgan fingerprint density at radius 2 is 1.75 bits per heavy atom. The largest absolute Gasteiger partial charge is 0.495 e. The lowest BCUT2D eigenvalue weighted by atomic mass is 10.1. The Morgan fingerprint density at radius 3 is 2.36 bits per heavy atom. The van der Waals surface area contributed by atoms with Gasteiger partial charge in [0.2, 0.25) is 10.0 Å². The van der Waals surface area contributed by atoms with Crippen LogP contribution >= 0.6 is 0 Å². The van der Waals surface area contributed by atoms with Crippen LogP contribution in [-0.2, 0) is 16.4 Å². The molecule has 3 rings (SSSR count). The van der Waals surface area contributed by atoms with Crippen molar-refractivity contribution in [2.45, 2.75) is 37.5 Å². The van der Waals surface area contributed by atoms with Crippen molar-refractivity contribution in [2.75, 3.05) is 25.5 Å². The SMILES string of the molecule is CCc1ccc(C(=O)Nc2cc(S(=O)(=O)N3CCCCC3)ccc2OC)cc1. The van der Waals surface area contributed by atoms with E-state index in [9.17, 15) is 13.2 Å². The molecule has 150 valence electrons. The third-order valence-electron chi connectivity index (χ3n) is 5.00. The van der Waals surface area contributed by atoms with Gasteiger partial charge in [0.1, 0.15) is 5.75 Å². The average molecular weight is 403 g/mol. The second kappa shape index (κ2) is 8.75. The number of hydrogen-bond donors (Lipinski definition) is 1. The maximum absolute atomic E-state index is 12.9. The number of hydrogen-bond acceptors (Lipinski definition) is 4. The van der Waals surface area contributed by atoms with E-state index in [2.05, 4.69) is 5.32 Å². The molecule has 0 saturated carbocycles. The lowest BCUT2D eigenvalue weighted by molar-refractivity contribution is 0.102. The van der Waals surface area contributed by atoms with Gasteiger partial charge in [-0.1, -0.05) is 25.5 Å². The molecule has 0 radical (unpaired) electrons. The molecule has 0 aromatic heterocycles. The van der Waals surface area contributed by atoms with Crippen LogP contribution in [0, 0.1) is 0 Å². The van der Waals surface area contributed by atoms with Crippen LogP contribution in [0.25, 0.3) is 0 Å². The Bertz CT molecular complexity index is 933. The van der Waals surface area contributed by atoms with Gasteiger partial charge in [0, 0.05) is 18.7 Å². The molecule has 1 N–H and O–H groups in total. The van der Waals surface area contributed by atoms with E-state index in [1.165, 1.54) is 23.5 Å². The Kier molecular flexibility index (Phi) is 6.36. The van der Waals surface area contributed by atoms with Crippen LogP contribution < -0.4 is 10.1 Å². The van der Waals surface area contributed by atoms with Gasteiger partial charge in [0.15, 0.2) is 0 Å². The molecule has 7 heteroatoms. The minimum atomic E-state index is -3.59. The van der Waals surface area contributed by atoms with Gasteiger partial charge in [-0.05, 0) is 55.2 Å². The highest BCUT2D eigenvalue weighted by molar-refractivity contribution is 7.89. The van der Waals surface area contributed by atoms with E-state index >= 15 is 0 Å². The summed E-state index contributed by atoms with van der Waals surface area (Å²) in [5, 5.41) is 2.78. The minimum Gasteiger partial charge on any atom is -0.495 e. The number of sulfonamides is 1. The normalized spacial score (nSPS) is 15.2. The Labute approximate surface area is 166 Å². The van der Waals surface area contributed by atoms with Crippen molar-refractivity contribution in [3.8, 4) is 5.75 Å². The molecule has 6 nitrogen and oxygen atoms in total. The number of anilines is 1. The number of benzene rings is 2. The monoisotopic (exact) mass is 402 g/mol. The van der Waals surface area contributed by atoms with E-state index in [4.69, 9.17) is 4.74 Å². The molecule has 1 saturated heterocycles. The van der Waals surface area contributed by atoms with Gasteiger partial charge in [-0.15, -0.1) is 0 Å². The molecule has 0 spiro atoms. The Hall–Kier alpha value is -2.38. The van der Waals surface area contributed by atoms with Crippen molar-refractivity contribution in [3.05, 3.63) is 53.6 Å². The second-order valence-electron chi connectivity index (χ2n) is 6.83. The van der Waals surface area contributed by atoms with Gasteiger partial charge in [-0.3, -0.25) is 4.79 Å². The first-order chi connectivity index (χ1) is 13.5. The number of aryl methyl sites for hydroxylation is 1. The van der Waals surface area contributed by atoms with Crippen LogP contribution in [-0.4, -0.2) is 38.8 Å². The van der Waals surface area contributed by atoms with E-state index in [1.54, 1.807) is 18.2 Å². The highest BCUT2D eigenvalue weighted by atomic mass is 32.2. The zero-order valence-electron chi connectivity index (χ0n) is 16.3. The summed E-state index contributed by atoms with van der Waals surface area (Å²) in [7, 11) is -2.11. The van der Waals surface area contributed by atoms with Crippen LogP contribution in [0.2, 0.25) is 0 Å². The van der Waals surface area contributed by atoms with Gasteiger partial charge >= 0.3 is 0 Å². The fourth-order valence-electron chi connectivity index (χ4n) is 3.29. The summed E-state index contributed by atoms with van der Waals surface area (Å²) in [6.45, 7) is 3.11. The third kappa shape index (κ3) is 4.36. The third-order valence-corrected chi connectivity index (χ3v) is 6.89. The summed E-state index contributed by atoms with van der Waals surface area (Å²) < 4.78 is 32.7. The Balaban J connectivity index is 1.87. The van der Waals surface area contributed by atoms with Gasteiger partial charge in [-0.2, -0.15) is 4.31 Å². The predicted molar refractivity (Wildman–Crippen MR) is 109 cm³/mol. The number of methoxy groups -OCH3 is 1. The minimum absolute atomic E-state index is 0.159. The zero-order valence-corrected chi connectivity index (χ0v) is 17.1. The fourth-order valence-corrected chi connectivity index (χ4v) is 4.83. The van der Waals surface area contributed by atoms with Crippen molar-refractivity contribution in [1.82, 2.24) is 4.31 Å². The number of amides is 1. The molecule has 28 heavy (non-hydrogen) atoms. The molecule has 0 aliphatic carbocycles. The van der Waals surface area contributed by atoms with Gasteiger partial charge in [-0.25, -0.2) is 8.42 Å². The number of carbonyl (C=O) groups is 1. The van der Waals surface area contributed by atoms with E-state index < -0.39 is 10.0 Å². The molecule has 1 aliphatic heterocycles. The molecule has 0 atom stereocenters. The number of ether oxygens (including phenoxy) is 1. The summed E-state index contributed by atoms with van der Waals surface area (Å²) in [6.07, 6.45) is 3.68. The smallest absolute Gasteiger partial charge is 0.255 e. The number of piperidine rings is 1. The van der Waals surface area contributed by atoms with E-state index in [1.807, 2.05) is 19.1 Å². The molecule has 1 heterocycles. The number of nitrogens with one attached hydrogen (secondary N) is 1. The standard InChI is InChI=1S/C21H26N2O4S/c1-3-16-7-9-17(10-8-16)21(24)22-19-15-18(11-12-20(19)27-2)28(25,26)23-13-5-4-6-14-23/h7-12,15H,3-6,13-14H2,1-2H3,(H,22,24). The first-order valence-electron chi connectivity index (χ1n) is 9.54. The molecule has 1 amide bonds. The van der Waals surface area contributed by atoms with Crippen molar-refractivity contribution < 1.29 is 17.9 Å². The molecule has 1 fully saturated rings. The second-order valence-corrected chi connectivity index (χ2v) is 8.77. The molecular formula is C21H26N2O4S. The van der Waals surface area contributed by atoms with E-state index in [-0.39, 0.29) is 10.8 Å². The topological polar surface area (TPSA) is 75.7 Å². The molecule has 2 aromatic carbocycles. The quantitative estimate of drug-likeness (QED) is 0.800. The lowest BCUT2D eigenvalue weighted by Gasteiger charge is -2.26. The fraction of sp³-hybridized carbons (Fsp3) is 0.381. The van der Waals surface area contributed by atoms with Crippen LogP contribution in [0.5, 0.6) is 5.75 Å². The van der Waals surface area contributed by atoms with Crippen molar-refractivity contribution >= 4 is 21.6 Å². The van der Waals surface area contributed by atoms with Gasteiger partial charge in [0.05, 0.1) is 17.7 Å². The first-order valence-corrected chi connectivity index (χ1v) is 11.0. The summed E-state index contributed by atoms with van der Waals surface area (Å²) in [6, 6.07) is 11.9. The lowest BCUT2D eigenvalue weighted by Crippen LogP contribution is -2.35. The van der Waals surface area contributed by atoms with Crippen molar-refractivity contribution in [3.63, 3.8) is 0 Å². The number of rotatable bonds is 6. The molecule has 1 aliphatic rings. The van der Waals surface area contributed by atoms with Crippen LogP contribution in [0.4, 0.5) is 5.69 Å². The maximum Gasteiger partial charge on any atom is 0.255 e. The summed E-state index contributed by atoms with van der Waals surface area (Å²) >= 11 is 0. The van der Waals surface area contributed by atoms with E-state index in [0.717, 1.165) is 31.2 Å². The van der Waals surface area contributed by atoms with Crippen molar-refractivity contribution in [2.24, 2.45) is 0 Å². The predicted octanol–water partition coefficient (Wildman–Crippen LogP) is 3.68. The summed E-state index contributed by atoms with van der Waals surface area (Å²) in [5.74, 6) is 0.101. The first kappa shape index (κ1) is 20.4. The zero-order chi connectivity index (χ0) is 20.1. The molecule has 0 unspecified atom stereocenters. The molecule has 0 bridgehead atoms. The number of carbonyl (C=O) groups excluding carboxylic acids is 1. The van der Waals surface area contributed by atoms with Gasteiger partial charge in [0.25, 0.3) is 5.91 Å². The summed E-state index contributed by atoms with van der Waals surface area (Å²) in [5.41, 5.74) is 1.98. The maximum atomic E-state index is 12.9. The highest BCUT2D eigenvalue weighted by Gasteiger charge is 2.27.